The summed E-state index contributed by atoms with van der Waals surface area (Å²) in [6.07, 6.45) is 6.62. The topological polar surface area (TPSA) is 62.2 Å². The van der Waals surface area contributed by atoms with Crippen LogP contribution >= 0.6 is 15.9 Å². The van der Waals surface area contributed by atoms with Crippen molar-refractivity contribution in [2.75, 3.05) is 0 Å². The molecule has 0 aromatic carbocycles. The zero-order valence-corrected chi connectivity index (χ0v) is 14.3. The molecule has 5 heteroatoms. The summed E-state index contributed by atoms with van der Waals surface area (Å²) in [7, 11) is 0. The van der Waals surface area contributed by atoms with E-state index in [1.165, 1.54) is 0 Å². The van der Waals surface area contributed by atoms with E-state index in [0.29, 0.717) is 23.4 Å². The van der Waals surface area contributed by atoms with Gasteiger partial charge in [0.05, 0.1) is 5.60 Å². The van der Waals surface area contributed by atoms with E-state index in [9.17, 15) is 9.90 Å². The lowest BCUT2D eigenvalue weighted by Crippen LogP contribution is -2.61. The van der Waals surface area contributed by atoms with Gasteiger partial charge in [-0.25, -0.2) is 4.98 Å². The Balaban J connectivity index is 1.53. The fourth-order valence-corrected chi connectivity index (χ4v) is 5.66. The van der Waals surface area contributed by atoms with Crippen molar-refractivity contribution in [2.24, 2.45) is 17.8 Å². The second-order valence-corrected chi connectivity index (χ2v) is 8.43. The molecular formula is C17H21BrN2O2. The van der Waals surface area contributed by atoms with E-state index in [4.69, 9.17) is 0 Å². The summed E-state index contributed by atoms with van der Waals surface area (Å²) >= 11 is 3.38. The minimum absolute atomic E-state index is 0.0746. The average molecular weight is 365 g/mol. The summed E-state index contributed by atoms with van der Waals surface area (Å²) in [5, 5.41) is 13.8. The number of pyridine rings is 1. The van der Waals surface area contributed by atoms with E-state index in [1.54, 1.807) is 6.20 Å². The minimum atomic E-state index is -0.455. The Kier molecular flexibility index (Phi) is 3.35. The SMILES string of the molecule is Cc1cc(Br)cnc1C(=O)N[C@H]1C2CC3CC1C[C@](O)(C3)C2. The molecule has 1 heterocycles. The molecule has 1 aromatic heterocycles. The third kappa shape index (κ3) is 2.38. The van der Waals surface area contributed by atoms with Gasteiger partial charge in [0.2, 0.25) is 0 Å². The monoisotopic (exact) mass is 364 g/mol. The summed E-state index contributed by atoms with van der Waals surface area (Å²) in [6.45, 7) is 1.91. The van der Waals surface area contributed by atoms with Gasteiger partial charge in [0.15, 0.2) is 0 Å². The minimum Gasteiger partial charge on any atom is -0.390 e. The molecule has 1 amide bonds. The summed E-state index contributed by atoms with van der Waals surface area (Å²) < 4.78 is 0.887. The van der Waals surface area contributed by atoms with E-state index in [1.807, 2.05) is 13.0 Å². The molecule has 0 aliphatic heterocycles. The van der Waals surface area contributed by atoms with Gasteiger partial charge < -0.3 is 10.4 Å². The molecule has 5 rings (SSSR count). The van der Waals surface area contributed by atoms with E-state index in [2.05, 4.69) is 26.2 Å². The summed E-state index contributed by atoms with van der Waals surface area (Å²) in [4.78, 5) is 16.9. The van der Waals surface area contributed by atoms with Gasteiger partial charge in [0.25, 0.3) is 5.91 Å². The van der Waals surface area contributed by atoms with Crippen LogP contribution in [0.5, 0.6) is 0 Å². The first-order valence-electron chi connectivity index (χ1n) is 8.09. The molecule has 4 aliphatic carbocycles. The Labute approximate surface area is 138 Å². The van der Waals surface area contributed by atoms with Gasteiger partial charge in [-0.15, -0.1) is 0 Å². The lowest BCUT2D eigenvalue weighted by Gasteiger charge is -2.58. The second-order valence-electron chi connectivity index (χ2n) is 7.51. The third-order valence-electron chi connectivity index (χ3n) is 5.80. The highest BCUT2D eigenvalue weighted by Gasteiger charge is 2.55. The first-order valence-corrected chi connectivity index (χ1v) is 8.88. The Morgan fingerprint density at radius 3 is 2.64 bits per heavy atom. The van der Waals surface area contributed by atoms with Crippen LogP contribution < -0.4 is 5.32 Å². The maximum Gasteiger partial charge on any atom is 0.270 e. The van der Waals surface area contributed by atoms with Gasteiger partial charge in [-0.3, -0.25) is 4.79 Å². The predicted octanol–water partition coefficient (Wildman–Crippen LogP) is 2.82. The number of hydrogen-bond donors (Lipinski definition) is 2. The highest BCUT2D eigenvalue weighted by Crippen LogP contribution is 2.55. The van der Waals surface area contributed by atoms with Crippen molar-refractivity contribution in [3.8, 4) is 0 Å². The first kappa shape index (κ1) is 14.6. The largest absolute Gasteiger partial charge is 0.390 e. The van der Waals surface area contributed by atoms with Gasteiger partial charge in [-0.05, 0) is 84.3 Å². The number of aryl methyl sites for hydroxylation is 1. The molecule has 4 bridgehead atoms. The maximum absolute atomic E-state index is 12.6. The predicted molar refractivity (Wildman–Crippen MR) is 86.4 cm³/mol. The van der Waals surface area contributed by atoms with Crippen LogP contribution in [0.1, 0.15) is 48.2 Å². The lowest BCUT2D eigenvalue weighted by molar-refractivity contribution is -0.136. The number of hydrogen-bond acceptors (Lipinski definition) is 3. The van der Waals surface area contributed by atoms with Crippen LogP contribution in [0.25, 0.3) is 0 Å². The molecule has 0 radical (unpaired) electrons. The molecule has 2 N–H and O–H groups in total. The van der Waals surface area contributed by atoms with Crippen LogP contribution in [0.3, 0.4) is 0 Å². The smallest absolute Gasteiger partial charge is 0.270 e. The maximum atomic E-state index is 12.6. The summed E-state index contributed by atoms with van der Waals surface area (Å²) in [6, 6.07) is 2.12. The molecule has 4 fully saturated rings. The number of carbonyl (C=O) groups is 1. The van der Waals surface area contributed by atoms with Crippen LogP contribution in [-0.2, 0) is 0 Å². The molecule has 2 unspecified atom stereocenters. The van der Waals surface area contributed by atoms with E-state index < -0.39 is 5.60 Å². The molecule has 22 heavy (non-hydrogen) atoms. The fourth-order valence-electron chi connectivity index (χ4n) is 5.21. The number of halogens is 1. The van der Waals surface area contributed by atoms with Crippen LogP contribution in [0, 0.1) is 24.7 Å². The van der Waals surface area contributed by atoms with Crippen molar-refractivity contribution in [3.63, 3.8) is 0 Å². The fraction of sp³-hybridized carbons (Fsp3) is 0.647. The first-order chi connectivity index (χ1) is 10.4. The summed E-state index contributed by atoms with van der Waals surface area (Å²) in [5.74, 6) is 1.43. The Hall–Kier alpha value is -0.940. The molecule has 118 valence electrons. The van der Waals surface area contributed by atoms with Crippen molar-refractivity contribution < 1.29 is 9.90 Å². The Morgan fingerprint density at radius 2 is 2.05 bits per heavy atom. The molecule has 1 aromatic rings. The van der Waals surface area contributed by atoms with Gasteiger partial charge in [0.1, 0.15) is 5.69 Å². The highest BCUT2D eigenvalue weighted by molar-refractivity contribution is 9.10. The quantitative estimate of drug-likeness (QED) is 0.847. The molecule has 2 atom stereocenters. The molecule has 0 saturated heterocycles. The number of rotatable bonds is 2. The van der Waals surface area contributed by atoms with Crippen molar-refractivity contribution in [3.05, 3.63) is 28.0 Å². The van der Waals surface area contributed by atoms with Crippen molar-refractivity contribution >= 4 is 21.8 Å². The van der Waals surface area contributed by atoms with E-state index in [-0.39, 0.29) is 11.9 Å². The van der Waals surface area contributed by atoms with Gasteiger partial charge in [-0.2, -0.15) is 0 Å². The molecule has 4 saturated carbocycles. The Morgan fingerprint density at radius 1 is 1.36 bits per heavy atom. The van der Waals surface area contributed by atoms with E-state index in [0.717, 1.165) is 42.1 Å². The highest BCUT2D eigenvalue weighted by atomic mass is 79.9. The van der Waals surface area contributed by atoms with Crippen LogP contribution in [0.4, 0.5) is 0 Å². The number of nitrogens with zero attached hydrogens (tertiary/aromatic N) is 1. The number of carbonyl (C=O) groups excluding carboxylic acids is 1. The molecule has 4 nitrogen and oxygen atoms in total. The molecule has 0 spiro atoms. The normalized spacial score (nSPS) is 39.0. The summed E-state index contributed by atoms with van der Waals surface area (Å²) in [5.41, 5.74) is 0.939. The van der Waals surface area contributed by atoms with E-state index >= 15 is 0 Å². The molecular weight excluding hydrogens is 344 g/mol. The van der Waals surface area contributed by atoms with Crippen LogP contribution in [-0.4, -0.2) is 27.6 Å². The van der Waals surface area contributed by atoms with Crippen molar-refractivity contribution in [1.29, 1.82) is 0 Å². The Bertz CT molecular complexity index is 617. The standard InChI is InChI=1S/C17H21BrN2O2/c1-9-2-13(18)8-19-14(9)16(21)20-15-11-3-10-4-12(15)7-17(22,5-10)6-11/h2,8,10-12,15,22H,3-7H2,1H3,(H,20,21)/t10?,11?,12?,15-,17-. The van der Waals surface area contributed by atoms with Gasteiger partial charge in [-0.1, -0.05) is 0 Å². The second kappa shape index (κ2) is 5.03. The number of aromatic nitrogens is 1. The molecule has 4 aliphatic rings. The number of nitrogens with one attached hydrogen (secondary N) is 1. The van der Waals surface area contributed by atoms with Gasteiger partial charge in [0, 0.05) is 16.7 Å². The van der Waals surface area contributed by atoms with Crippen molar-refractivity contribution in [1.82, 2.24) is 10.3 Å². The van der Waals surface area contributed by atoms with Gasteiger partial charge >= 0.3 is 0 Å². The number of amides is 1. The third-order valence-corrected chi connectivity index (χ3v) is 6.23. The average Bonchev–Trinajstić information content (AvgIpc) is 2.40. The lowest BCUT2D eigenvalue weighted by atomic mass is 9.52. The zero-order chi connectivity index (χ0) is 15.5. The zero-order valence-electron chi connectivity index (χ0n) is 12.7. The number of aliphatic hydroxyl groups is 1. The van der Waals surface area contributed by atoms with Crippen LogP contribution in [0.15, 0.2) is 16.7 Å². The van der Waals surface area contributed by atoms with Crippen LogP contribution in [0.2, 0.25) is 0 Å². The van der Waals surface area contributed by atoms with Crippen molar-refractivity contribution in [2.45, 2.75) is 50.7 Å².